The number of hydrogen-bond donors (Lipinski definition) is 0. The van der Waals surface area contributed by atoms with E-state index in [1.165, 1.54) is 16.2 Å². The first-order valence-corrected chi connectivity index (χ1v) is 13.7. The predicted octanol–water partition coefficient (Wildman–Crippen LogP) is 6.34. The van der Waals surface area contributed by atoms with Crippen LogP contribution in [0.5, 0.6) is 11.5 Å². The number of rotatable bonds is 9. The van der Waals surface area contributed by atoms with Crippen LogP contribution in [0.4, 0.5) is 5.13 Å². The van der Waals surface area contributed by atoms with Gasteiger partial charge in [-0.15, -0.1) is 10.2 Å². The summed E-state index contributed by atoms with van der Waals surface area (Å²) in [6.07, 6.45) is 0.912. The van der Waals surface area contributed by atoms with Gasteiger partial charge in [-0.2, -0.15) is 0 Å². The lowest BCUT2D eigenvalue weighted by atomic mass is 9.98. The summed E-state index contributed by atoms with van der Waals surface area (Å²) in [5.41, 5.74) is 1.10. The van der Waals surface area contributed by atoms with E-state index in [1.54, 1.807) is 24.3 Å². The standard InChI is InChI=1S/C29H31N3O5S/c1-6-35-22-15-18(11-12-21(22)36-14-13-16(2)3)24-23-25(33)19-9-7-8-10-20(19)37-26(23)28(34)32(24)29-31-30-27(38-29)17(4)5/h7-12,15-17,24H,6,13-14H2,1-5H3/t24-/m0/s1. The molecule has 1 amide bonds. The molecule has 2 aromatic heterocycles. The Morgan fingerprint density at radius 3 is 2.53 bits per heavy atom. The number of carbonyl (C=O) groups is 1. The number of ether oxygens (including phenoxy) is 2. The van der Waals surface area contributed by atoms with Crippen LogP contribution in [0.2, 0.25) is 0 Å². The van der Waals surface area contributed by atoms with Crippen LogP contribution in [-0.2, 0) is 0 Å². The number of hydrogen-bond acceptors (Lipinski definition) is 8. The highest BCUT2D eigenvalue weighted by molar-refractivity contribution is 7.15. The van der Waals surface area contributed by atoms with Crippen LogP contribution < -0.4 is 19.8 Å². The second kappa shape index (κ2) is 10.6. The number of carbonyl (C=O) groups excluding carboxylic acids is 1. The summed E-state index contributed by atoms with van der Waals surface area (Å²) >= 11 is 1.34. The smallest absolute Gasteiger partial charge is 0.297 e. The molecule has 1 aliphatic heterocycles. The van der Waals surface area contributed by atoms with Crippen LogP contribution in [-0.4, -0.2) is 29.3 Å². The van der Waals surface area contributed by atoms with Crippen LogP contribution >= 0.6 is 11.3 Å². The molecule has 5 rings (SSSR count). The molecule has 9 heteroatoms. The molecule has 4 aromatic rings. The molecule has 0 N–H and O–H groups in total. The number of para-hydroxylation sites is 1. The number of amides is 1. The van der Waals surface area contributed by atoms with Gasteiger partial charge in [0.05, 0.1) is 30.2 Å². The Bertz CT molecular complexity index is 1540. The minimum absolute atomic E-state index is 0.0233. The van der Waals surface area contributed by atoms with Crippen LogP contribution in [0.25, 0.3) is 11.0 Å². The SMILES string of the molecule is CCOc1cc([C@H]2c3c(oc4ccccc4c3=O)C(=O)N2c2nnc(C(C)C)s2)ccc1OCCC(C)C. The van der Waals surface area contributed by atoms with Gasteiger partial charge < -0.3 is 13.9 Å². The third-order valence-electron chi connectivity index (χ3n) is 6.44. The topological polar surface area (TPSA) is 94.8 Å². The fourth-order valence-corrected chi connectivity index (χ4v) is 5.35. The maximum absolute atomic E-state index is 13.8. The number of aromatic nitrogens is 2. The number of fused-ring (bicyclic) bond motifs is 2. The fraction of sp³-hybridized carbons (Fsp3) is 0.379. The maximum atomic E-state index is 13.8. The summed E-state index contributed by atoms with van der Waals surface area (Å²) in [5.74, 6) is 1.44. The van der Waals surface area contributed by atoms with E-state index in [0.717, 1.165) is 11.4 Å². The largest absolute Gasteiger partial charge is 0.490 e. The molecule has 3 heterocycles. The van der Waals surface area contributed by atoms with E-state index in [-0.39, 0.29) is 22.7 Å². The molecule has 0 spiro atoms. The molecule has 0 aliphatic carbocycles. The Balaban J connectivity index is 1.67. The molecule has 1 atom stereocenters. The highest BCUT2D eigenvalue weighted by Gasteiger charge is 2.45. The highest BCUT2D eigenvalue weighted by atomic mass is 32.1. The average molecular weight is 534 g/mol. The van der Waals surface area contributed by atoms with Gasteiger partial charge in [0, 0.05) is 5.92 Å². The Morgan fingerprint density at radius 2 is 1.82 bits per heavy atom. The third kappa shape index (κ3) is 4.67. The van der Waals surface area contributed by atoms with Crippen molar-refractivity contribution in [3.8, 4) is 11.5 Å². The number of nitrogens with zero attached hydrogens (tertiary/aromatic N) is 3. The van der Waals surface area contributed by atoms with Crippen molar-refractivity contribution in [1.29, 1.82) is 0 Å². The zero-order chi connectivity index (χ0) is 27.0. The minimum Gasteiger partial charge on any atom is -0.490 e. The molecule has 8 nitrogen and oxygen atoms in total. The van der Waals surface area contributed by atoms with Crippen molar-refractivity contribution in [2.75, 3.05) is 18.1 Å². The van der Waals surface area contributed by atoms with E-state index in [4.69, 9.17) is 13.9 Å². The number of benzene rings is 2. The normalized spacial score (nSPS) is 15.1. The van der Waals surface area contributed by atoms with Gasteiger partial charge in [-0.05, 0) is 49.1 Å². The molecule has 0 unspecified atom stereocenters. The van der Waals surface area contributed by atoms with E-state index in [2.05, 4.69) is 24.0 Å². The van der Waals surface area contributed by atoms with Crippen LogP contribution in [0.1, 0.15) is 79.7 Å². The average Bonchev–Trinajstić information content (AvgIpc) is 3.48. The molecule has 38 heavy (non-hydrogen) atoms. The van der Waals surface area contributed by atoms with Crippen LogP contribution in [0.15, 0.2) is 51.7 Å². The Labute approximate surface area is 225 Å². The summed E-state index contributed by atoms with van der Waals surface area (Å²) in [6.45, 7) is 11.2. The molecule has 0 bridgehead atoms. The highest BCUT2D eigenvalue weighted by Crippen LogP contribution is 2.44. The van der Waals surface area contributed by atoms with Gasteiger partial charge >= 0.3 is 0 Å². The minimum atomic E-state index is -0.754. The van der Waals surface area contributed by atoms with E-state index < -0.39 is 11.9 Å². The lowest BCUT2D eigenvalue weighted by Crippen LogP contribution is -2.29. The molecule has 2 aromatic carbocycles. The number of anilines is 1. The maximum Gasteiger partial charge on any atom is 0.297 e. The fourth-order valence-electron chi connectivity index (χ4n) is 4.48. The molecular formula is C29H31N3O5S. The van der Waals surface area contributed by atoms with Crippen molar-refractivity contribution in [2.45, 2.75) is 53.0 Å². The second-order valence-electron chi connectivity index (χ2n) is 10.00. The molecule has 0 fully saturated rings. The van der Waals surface area contributed by atoms with E-state index in [9.17, 15) is 9.59 Å². The summed E-state index contributed by atoms with van der Waals surface area (Å²) < 4.78 is 18.0. The first-order chi connectivity index (χ1) is 18.3. The molecule has 0 saturated heterocycles. The zero-order valence-electron chi connectivity index (χ0n) is 22.2. The van der Waals surface area contributed by atoms with Crippen molar-refractivity contribution in [3.05, 3.63) is 74.6 Å². The predicted molar refractivity (Wildman–Crippen MR) is 148 cm³/mol. The summed E-state index contributed by atoms with van der Waals surface area (Å²) in [7, 11) is 0. The zero-order valence-corrected chi connectivity index (χ0v) is 23.0. The molecule has 198 valence electrons. The summed E-state index contributed by atoms with van der Waals surface area (Å²) in [5, 5.41) is 10.3. The van der Waals surface area contributed by atoms with Gasteiger partial charge in [-0.3, -0.25) is 14.5 Å². The van der Waals surface area contributed by atoms with Crippen molar-refractivity contribution >= 4 is 33.3 Å². The van der Waals surface area contributed by atoms with Crippen LogP contribution in [0, 0.1) is 5.92 Å². The molecule has 0 saturated carbocycles. The molecule has 0 radical (unpaired) electrons. The van der Waals surface area contributed by atoms with E-state index >= 15 is 0 Å². The summed E-state index contributed by atoms with van der Waals surface area (Å²) in [4.78, 5) is 29.1. The molecular weight excluding hydrogens is 502 g/mol. The quantitative estimate of drug-likeness (QED) is 0.248. The Kier molecular flexibility index (Phi) is 7.21. The van der Waals surface area contributed by atoms with Crippen molar-refractivity contribution in [3.63, 3.8) is 0 Å². The van der Waals surface area contributed by atoms with Gasteiger partial charge in [0.15, 0.2) is 16.9 Å². The van der Waals surface area contributed by atoms with Gasteiger partial charge in [-0.25, -0.2) is 0 Å². The van der Waals surface area contributed by atoms with Gasteiger partial charge in [0.1, 0.15) is 10.6 Å². The summed E-state index contributed by atoms with van der Waals surface area (Å²) in [6, 6.07) is 11.8. The van der Waals surface area contributed by atoms with Crippen LogP contribution in [0.3, 0.4) is 0 Å². The third-order valence-corrected chi connectivity index (χ3v) is 7.67. The Morgan fingerprint density at radius 1 is 1.03 bits per heavy atom. The van der Waals surface area contributed by atoms with Gasteiger partial charge in [-0.1, -0.05) is 57.2 Å². The first kappa shape index (κ1) is 25.9. The first-order valence-electron chi connectivity index (χ1n) is 12.9. The van der Waals surface area contributed by atoms with Crippen molar-refractivity contribution < 1.29 is 18.7 Å². The van der Waals surface area contributed by atoms with Gasteiger partial charge in [0.2, 0.25) is 10.9 Å². The van der Waals surface area contributed by atoms with E-state index in [1.807, 2.05) is 39.0 Å². The lowest BCUT2D eigenvalue weighted by Gasteiger charge is -2.23. The van der Waals surface area contributed by atoms with Gasteiger partial charge in [0.25, 0.3) is 5.91 Å². The molecule has 1 aliphatic rings. The van der Waals surface area contributed by atoms with E-state index in [0.29, 0.717) is 52.3 Å². The Hall–Kier alpha value is -3.72. The lowest BCUT2D eigenvalue weighted by molar-refractivity contribution is 0.0970. The van der Waals surface area contributed by atoms with Crippen molar-refractivity contribution in [2.24, 2.45) is 5.92 Å². The monoisotopic (exact) mass is 533 g/mol. The van der Waals surface area contributed by atoms with Crippen molar-refractivity contribution in [1.82, 2.24) is 10.2 Å². The second-order valence-corrected chi connectivity index (χ2v) is 11.0.